The summed E-state index contributed by atoms with van der Waals surface area (Å²) in [6.07, 6.45) is 0. The number of nitrogens with zero attached hydrogens (tertiary/aromatic N) is 7. The van der Waals surface area contributed by atoms with E-state index in [1.54, 1.807) is 32.4 Å². The van der Waals surface area contributed by atoms with Crippen LogP contribution >= 0.6 is 15.9 Å². The zero-order valence-electron chi connectivity index (χ0n) is 22.1. The number of alkyl halides is 4. The van der Waals surface area contributed by atoms with Gasteiger partial charge in [0, 0.05) is 5.33 Å². The van der Waals surface area contributed by atoms with E-state index in [9.17, 15) is 33.4 Å². The zero-order chi connectivity index (χ0) is 29.6. The molecule has 3 N–H and O–H groups in total. The van der Waals surface area contributed by atoms with Gasteiger partial charge in [0.2, 0.25) is 0 Å². The van der Waals surface area contributed by atoms with E-state index < -0.39 is 23.2 Å². The lowest BCUT2D eigenvalue weighted by molar-refractivity contribution is -0.386. The van der Waals surface area contributed by atoms with Gasteiger partial charge in [0.05, 0.1) is 46.7 Å². The first-order valence-electron chi connectivity index (χ1n) is 11.2. The fraction of sp³-hybridized carbons (Fsp3) is 0.571. The molecule has 0 radical (unpaired) electrons. The number of hydrogen-bond acceptors (Lipinski definition) is 8. The summed E-state index contributed by atoms with van der Waals surface area (Å²) < 4.78 is 37.4. The molecule has 214 valence electrons. The summed E-state index contributed by atoms with van der Waals surface area (Å²) in [4.78, 5) is 19.8. The van der Waals surface area contributed by atoms with Crippen molar-refractivity contribution in [1.29, 1.82) is 0 Å². The third-order valence-electron chi connectivity index (χ3n) is 4.90. The topological polar surface area (TPSA) is 177 Å². The van der Waals surface area contributed by atoms with E-state index >= 15 is 0 Å². The van der Waals surface area contributed by atoms with Crippen LogP contribution in [0.2, 0.25) is 0 Å². The molecule has 3 aromatic rings. The van der Waals surface area contributed by atoms with Gasteiger partial charge in [-0.3, -0.25) is 39.1 Å². The number of nitrogens with one attached hydrogen (secondary N) is 1. The van der Waals surface area contributed by atoms with Crippen LogP contribution in [0.5, 0.6) is 0 Å². The molecule has 0 bridgehead atoms. The number of halogens is 4. The zero-order valence-corrected chi connectivity index (χ0v) is 23.7. The molecule has 38 heavy (non-hydrogen) atoms. The summed E-state index contributed by atoms with van der Waals surface area (Å²) in [6.45, 7) is 9.11. The fourth-order valence-corrected chi connectivity index (χ4v) is 3.07. The molecular formula is C21H33BrF3N9O4. The summed E-state index contributed by atoms with van der Waals surface area (Å²) in [6, 6.07) is 0. The highest BCUT2D eigenvalue weighted by Crippen LogP contribution is 2.21. The van der Waals surface area contributed by atoms with Gasteiger partial charge in [0.25, 0.3) is 0 Å². The minimum Gasteiger partial charge on any atom is -0.396 e. The molecule has 13 nitrogen and oxygen atoms in total. The summed E-state index contributed by atoms with van der Waals surface area (Å²) in [5.41, 5.74) is 9.64. The quantitative estimate of drug-likeness (QED) is 0.219. The Morgan fingerprint density at radius 1 is 0.816 bits per heavy atom. The van der Waals surface area contributed by atoms with E-state index in [1.165, 1.54) is 4.68 Å². The Morgan fingerprint density at radius 2 is 1.26 bits per heavy atom. The smallest absolute Gasteiger partial charge is 0.312 e. The van der Waals surface area contributed by atoms with Crippen LogP contribution < -0.4 is 5.73 Å². The van der Waals surface area contributed by atoms with Crippen LogP contribution in [0.4, 0.5) is 30.2 Å². The van der Waals surface area contributed by atoms with Gasteiger partial charge in [-0.2, -0.15) is 15.3 Å². The maximum Gasteiger partial charge on any atom is 0.312 e. The number of anilines is 1. The predicted octanol–water partition coefficient (Wildman–Crippen LogP) is 4.71. The Bertz CT molecular complexity index is 1160. The van der Waals surface area contributed by atoms with Gasteiger partial charge >= 0.3 is 11.4 Å². The van der Waals surface area contributed by atoms with Gasteiger partial charge in [-0.15, -0.1) is 0 Å². The lowest BCUT2D eigenvalue weighted by Gasteiger charge is -1.98. The first kappa shape index (κ1) is 34.5. The number of rotatable bonds is 7. The normalized spacial score (nSPS) is 9.95. The molecule has 0 saturated heterocycles. The molecule has 0 aromatic carbocycles. The summed E-state index contributed by atoms with van der Waals surface area (Å²) in [5, 5.41) is 35.3. The number of hydrogen-bond donors (Lipinski definition) is 2. The summed E-state index contributed by atoms with van der Waals surface area (Å²) in [5.74, 6) is 0. The van der Waals surface area contributed by atoms with Crippen molar-refractivity contribution in [1.82, 2.24) is 29.8 Å². The van der Waals surface area contributed by atoms with Crippen molar-refractivity contribution in [3.05, 3.63) is 54.4 Å². The molecule has 0 spiro atoms. The maximum absolute atomic E-state index is 12.0. The average Bonchev–Trinajstić information content (AvgIpc) is 3.43. The Labute approximate surface area is 226 Å². The Morgan fingerprint density at radius 3 is 1.53 bits per heavy atom. The fourth-order valence-electron chi connectivity index (χ4n) is 3.07. The van der Waals surface area contributed by atoms with E-state index in [2.05, 4.69) is 36.3 Å². The van der Waals surface area contributed by atoms with Crippen molar-refractivity contribution >= 4 is 33.0 Å². The molecule has 17 heteroatoms. The third kappa shape index (κ3) is 10.1. The second-order valence-electron chi connectivity index (χ2n) is 7.60. The second-order valence-corrected chi connectivity index (χ2v) is 8.40. The van der Waals surface area contributed by atoms with Crippen molar-refractivity contribution in [3.8, 4) is 0 Å². The Hall–Kier alpha value is -3.50. The lowest BCUT2D eigenvalue weighted by atomic mass is 10.3. The summed E-state index contributed by atoms with van der Waals surface area (Å²) in [7, 11) is 0. The molecule has 0 amide bonds. The van der Waals surface area contributed by atoms with Gasteiger partial charge in [-0.1, -0.05) is 15.9 Å². The second kappa shape index (κ2) is 17.1. The van der Waals surface area contributed by atoms with E-state index in [0.717, 1.165) is 11.4 Å². The minimum absolute atomic E-state index is 0.0200. The third-order valence-corrected chi connectivity index (χ3v) is 5.20. The van der Waals surface area contributed by atoms with Crippen LogP contribution in [0.3, 0.4) is 0 Å². The van der Waals surface area contributed by atoms with E-state index in [4.69, 9.17) is 5.73 Å². The van der Waals surface area contributed by atoms with Crippen molar-refractivity contribution in [2.75, 3.05) is 31.1 Å². The first-order chi connectivity index (χ1) is 17.8. The van der Waals surface area contributed by atoms with Crippen molar-refractivity contribution in [3.63, 3.8) is 0 Å². The van der Waals surface area contributed by atoms with Crippen molar-refractivity contribution in [2.24, 2.45) is 0 Å². The van der Waals surface area contributed by atoms with Crippen molar-refractivity contribution < 1.29 is 23.0 Å². The monoisotopic (exact) mass is 611 g/mol. The molecule has 3 heterocycles. The molecular weight excluding hydrogens is 579 g/mol. The van der Waals surface area contributed by atoms with Crippen LogP contribution in [0.15, 0.2) is 0 Å². The van der Waals surface area contributed by atoms with Gasteiger partial charge in [0.15, 0.2) is 0 Å². The molecule has 0 aliphatic rings. The maximum atomic E-state index is 12.0. The molecule has 0 saturated carbocycles. The molecule has 0 unspecified atom stereocenters. The number of nitro groups is 2. The molecule has 0 atom stereocenters. The highest BCUT2D eigenvalue weighted by Gasteiger charge is 2.21. The number of aromatic amines is 1. The largest absolute Gasteiger partial charge is 0.396 e. The van der Waals surface area contributed by atoms with Crippen LogP contribution in [0.1, 0.15) is 34.2 Å². The highest BCUT2D eigenvalue weighted by atomic mass is 79.9. The van der Waals surface area contributed by atoms with Gasteiger partial charge in [-0.05, 0) is 41.5 Å². The molecule has 0 aliphatic carbocycles. The SMILES string of the molecule is Cc1n[nH]c(C)c1[N+](=O)[O-].Cc1nn(CCF)c(C)c1N.Cc1nn(CCF)c(C)c1[N+](=O)[O-].FCCBr. The lowest BCUT2D eigenvalue weighted by Crippen LogP contribution is -2.04. The van der Waals surface area contributed by atoms with Crippen LogP contribution in [0, 0.1) is 61.8 Å². The van der Waals surface area contributed by atoms with Crippen LogP contribution in [-0.2, 0) is 13.1 Å². The number of aromatic nitrogens is 6. The Balaban J connectivity index is 0.000000508. The standard InChI is InChI=1S/C7H10FN3O2.C7H12FN3.C5H7N3O2.C2H4BrF/c1-5-7(11(12)13)6(2)10(9-5)4-3-8;1-5-7(9)6(2)11(10-5)4-3-8;1-3-5(8(9)10)4(2)7-6-3;3-1-2-4/h3-4H2,1-2H3;3-4,9H2,1-2H3;1-2H3,(H,6,7);1-2H2. The summed E-state index contributed by atoms with van der Waals surface area (Å²) >= 11 is 2.87. The van der Waals surface area contributed by atoms with Crippen molar-refractivity contribution in [2.45, 2.75) is 54.6 Å². The van der Waals surface area contributed by atoms with Gasteiger partial charge in [-0.25, -0.2) is 8.78 Å². The van der Waals surface area contributed by atoms with Crippen LogP contribution in [-0.4, -0.2) is 65.0 Å². The average molecular weight is 612 g/mol. The van der Waals surface area contributed by atoms with Gasteiger partial charge < -0.3 is 5.73 Å². The number of nitrogens with two attached hydrogens (primary N) is 1. The van der Waals surface area contributed by atoms with E-state index in [0.29, 0.717) is 40.3 Å². The number of H-pyrrole nitrogens is 1. The van der Waals surface area contributed by atoms with Gasteiger partial charge in [0.1, 0.15) is 36.1 Å². The minimum atomic E-state index is -0.570. The molecule has 0 aliphatic heterocycles. The Kier molecular flexibility index (Phi) is 15.5. The van der Waals surface area contributed by atoms with Crippen LogP contribution in [0.25, 0.3) is 0 Å². The molecule has 3 rings (SSSR count). The molecule has 3 aromatic heterocycles. The number of aryl methyl sites for hydroxylation is 6. The highest BCUT2D eigenvalue weighted by molar-refractivity contribution is 9.09. The number of nitrogen functional groups attached to an aromatic ring is 1. The first-order valence-corrected chi connectivity index (χ1v) is 12.3. The van der Waals surface area contributed by atoms with E-state index in [1.807, 2.05) is 13.8 Å². The predicted molar refractivity (Wildman–Crippen MR) is 141 cm³/mol. The molecule has 0 fully saturated rings. The van der Waals surface area contributed by atoms with E-state index in [-0.39, 0.29) is 24.6 Å².